The third-order valence-corrected chi connectivity index (χ3v) is 6.56. The molecule has 0 spiro atoms. The molecular formula is C26H28N2O2. The summed E-state index contributed by atoms with van der Waals surface area (Å²) < 4.78 is 5.83. The fourth-order valence-corrected chi connectivity index (χ4v) is 4.80. The number of aliphatic hydroxyl groups is 1. The molecule has 4 heteroatoms. The maximum atomic E-state index is 11.2. The predicted octanol–water partition coefficient (Wildman–Crippen LogP) is 3.63. The largest absolute Gasteiger partial charge is 0.492 e. The molecule has 3 saturated heterocycles. The van der Waals surface area contributed by atoms with Crippen molar-refractivity contribution < 1.29 is 9.84 Å². The molecular weight excluding hydrogens is 372 g/mol. The van der Waals surface area contributed by atoms with Crippen molar-refractivity contribution in [3.63, 3.8) is 0 Å². The first-order valence-electron chi connectivity index (χ1n) is 11.0. The van der Waals surface area contributed by atoms with Gasteiger partial charge in [-0.05, 0) is 68.5 Å². The molecule has 2 aromatic rings. The van der Waals surface area contributed by atoms with E-state index < -0.39 is 5.60 Å². The molecule has 6 rings (SSSR count). The molecule has 0 radical (unpaired) electrons. The summed E-state index contributed by atoms with van der Waals surface area (Å²) in [5.41, 5.74) is 3.21. The number of benzene rings is 1. The Morgan fingerprint density at radius 3 is 2.73 bits per heavy atom. The van der Waals surface area contributed by atoms with Crippen LogP contribution in [0.4, 0.5) is 0 Å². The summed E-state index contributed by atoms with van der Waals surface area (Å²) in [6, 6.07) is 12.5. The van der Waals surface area contributed by atoms with Crippen molar-refractivity contribution in [2.24, 2.45) is 5.92 Å². The van der Waals surface area contributed by atoms with E-state index >= 15 is 0 Å². The quantitative estimate of drug-likeness (QED) is 0.800. The maximum absolute atomic E-state index is 11.2. The third-order valence-electron chi connectivity index (χ3n) is 6.56. The molecule has 0 saturated carbocycles. The van der Waals surface area contributed by atoms with Gasteiger partial charge in [-0.3, -0.25) is 9.88 Å². The first kappa shape index (κ1) is 19.4. The Morgan fingerprint density at radius 1 is 1.20 bits per heavy atom. The van der Waals surface area contributed by atoms with Crippen LogP contribution in [0.1, 0.15) is 48.1 Å². The molecule has 30 heavy (non-hydrogen) atoms. The lowest BCUT2D eigenvalue weighted by molar-refractivity contribution is -0.0713. The van der Waals surface area contributed by atoms with E-state index in [0.29, 0.717) is 6.54 Å². The number of piperidine rings is 3. The zero-order chi connectivity index (χ0) is 20.4. The summed E-state index contributed by atoms with van der Waals surface area (Å²) in [5.74, 6) is 7.70. The van der Waals surface area contributed by atoms with Gasteiger partial charge in [-0.2, -0.15) is 0 Å². The maximum Gasteiger partial charge on any atom is 0.141 e. The molecule has 1 unspecified atom stereocenters. The standard InChI is InChI=1S/C26H28N2O2/c29-26(19-28-13-10-23(26)11-14-28)12-9-21-18-27-24(25-8-4-5-15-30-25)17-22(21)16-20-6-2-1-3-7-20/h1-3,6-8,17-18,23,29H,4-5,10-11,13-16,19H2. The Morgan fingerprint density at radius 2 is 2.03 bits per heavy atom. The molecule has 1 aromatic heterocycles. The molecule has 3 fully saturated rings. The van der Waals surface area contributed by atoms with Gasteiger partial charge in [-0.1, -0.05) is 42.2 Å². The van der Waals surface area contributed by atoms with E-state index in [4.69, 9.17) is 4.74 Å². The predicted molar refractivity (Wildman–Crippen MR) is 118 cm³/mol. The normalized spacial score (nSPS) is 27.6. The minimum absolute atomic E-state index is 0.278. The van der Waals surface area contributed by atoms with Gasteiger partial charge in [0.1, 0.15) is 17.1 Å². The highest BCUT2D eigenvalue weighted by Crippen LogP contribution is 2.35. The molecule has 1 aromatic carbocycles. The fraction of sp³-hybridized carbons (Fsp3) is 0.423. The van der Waals surface area contributed by atoms with E-state index in [1.54, 1.807) is 0 Å². The number of hydrogen-bond acceptors (Lipinski definition) is 4. The van der Waals surface area contributed by atoms with Crippen molar-refractivity contribution in [1.82, 2.24) is 9.88 Å². The Bertz CT molecular complexity index is 997. The summed E-state index contributed by atoms with van der Waals surface area (Å²) in [5, 5.41) is 11.2. The fourth-order valence-electron chi connectivity index (χ4n) is 4.80. The first-order valence-corrected chi connectivity index (χ1v) is 11.0. The van der Waals surface area contributed by atoms with Gasteiger partial charge in [-0.25, -0.2) is 0 Å². The Balaban J connectivity index is 1.49. The third kappa shape index (κ3) is 4.01. The Kier molecular flexibility index (Phi) is 5.33. The lowest BCUT2D eigenvalue weighted by atomic mass is 9.75. The van der Waals surface area contributed by atoms with Crippen LogP contribution in [-0.2, 0) is 11.2 Å². The second-order valence-corrected chi connectivity index (χ2v) is 8.67. The SMILES string of the molecule is OC1(C#Cc2cnc(C3=CCCCO3)cc2Cc2ccccc2)CN2CCC1CC2. The lowest BCUT2D eigenvalue weighted by Crippen LogP contribution is -2.58. The molecule has 1 N–H and O–H groups in total. The van der Waals surface area contributed by atoms with Gasteiger partial charge < -0.3 is 9.84 Å². The minimum Gasteiger partial charge on any atom is -0.492 e. The highest BCUT2D eigenvalue weighted by atomic mass is 16.5. The van der Waals surface area contributed by atoms with Gasteiger partial charge in [0.25, 0.3) is 0 Å². The van der Waals surface area contributed by atoms with E-state index in [0.717, 1.165) is 74.4 Å². The number of nitrogens with zero attached hydrogens (tertiary/aromatic N) is 2. The van der Waals surface area contributed by atoms with Crippen LogP contribution >= 0.6 is 0 Å². The van der Waals surface area contributed by atoms with Gasteiger partial charge in [0.2, 0.25) is 0 Å². The topological polar surface area (TPSA) is 45.6 Å². The van der Waals surface area contributed by atoms with Crippen molar-refractivity contribution in [2.75, 3.05) is 26.2 Å². The van der Waals surface area contributed by atoms with Gasteiger partial charge in [0, 0.05) is 24.2 Å². The van der Waals surface area contributed by atoms with Crippen molar-refractivity contribution >= 4 is 5.76 Å². The van der Waals surface area contributed by atoms with Crippen LogP contribution in [0.15, 0.2) is 48.7 Å². The summed E-state index contributed by atoms with van der Waals surface area (Å²) in [6.45, 7) is 3.57. The minimum atomic E-state index is -0.909. The zero-order valence-corrected chi connectivity index (χ0v) is 17.3. The van der Waals surface area contributed by atoms with Gasteiger partial charge in [0.05, 0.1) is 6.61 Å². The second-order valence-electron chi connectivity index (χ2n) is 8.67. The van der Waals surface area contributed by atoms with E-state index in [2.05, 4.69) is 58.1 Å². The number of aromatic nitrogens is 1. The van der Waals surface area contributed by atoms with E-state index in [-0.39, 0.29) is 5.92 Å². The molecule has 5 heterocycles. The van der Waals surface area contributed by atoms with Crippen molar-refractivity contribution in [3.8, 4) is 11.8 Å². The number of allylic oxidation sites excluding steroid dienone is 1. The monoisotopic (exact) mass is 400 g/mol. The molecule has 4 aliphatic rings. The Labute approximate surface area is 178 Å². The molecule has 2 bridgehead atoms. The summed E-state index contributed by atoms with van der Waals surface area (Å²) in [4.78, 5) is 6.98. The highest BCUT2D eigenvalue weighted by Gasteiger charge is 2.44. The lowest BCUT2D eigenvalue weighted by Gasteiger charge is -2.47. The second kappa shape index (κ2) is 8.26. The van der Waals surface area contributed by atoms with Gasteiger partial charge in [0.15, 0.2) is 0 Å². The Hall–Kier alpha value is -2.61. The average Bonchev–Trinajstić information content (AvgIpc) is 2.80. The molecule has 1 atom stereocenters. The van der Waals surface area contributed by atoms with Gasteiger partial charge >= 0.3 is 0 Å². The molecule has 4 nitrogen and oxygen atoms in total. The van der Waals surface area contributed by atoms with Crippen LogP contribution in [-0.4, -0.2) is 46.8 Å². The zero-order valence-electron chi connectivity index (χ0n) is 17.3. The van der Waals surface area contributed by atoms with E-state index in [1.165, 1.54) is 5.56 Å². The molecule has 4 aliphatic heterocycles. The summed E-state index contributed by atoms with van der Waals surface area (Å²) in [6.07, 6.45) is 8.90. The highest BCUT2D eigenvalue weighted by molar-refractivity contribution is 5.59. The van der Waals surface area contributed by atoms with Crippen LogP contribution in [0.2, 0.25) is 0 Å². The van der Waals surface area contributed by atoms with E-state index in [9.17, 15) is 5.11 Å². The number of hydrogen-bond donors (Lipinski definition) is 1. The van der Waals surface area contributed by atoms with Gasteiger partial charge in [-0.15, -0.1) is 0 Å². The number of pyridine rings is 1. The summed E-state index contributed by atoms with van der Waals surface area (Å²) in [7, 11) is 0. The summed E-state index contributed by atoms with van der Waals surface area (Å²) >= 11 is 0. The van der Waals surface area contributed by atoms with Crippen LogP contribution < -0.4 is 0 Å². The number of ether oxygens (including phenoxy) is 1. The molecule has 0 aliphatic carbocycles. The van der Waals surface area contributed by atoms with E-state index in [1.807, 2.05) is 12.3 Å². The van der Waals surface area contributed by atoms with Crippen molar-refractivity contribution in [2.45, 2.75) is 37.7 Å². The molecule has 0 amide bonds. The van der Waals surface area contributed by atoms with Crippen molar-refractivity contribution in [1.29, 1.82) is 0 Å². The van der Waals surface area contributed by atoms with Crippen LogP contribution in [0, 0.1) is 17.8 Å². The molecule has 154 valence electrons. The first-order chi connectivity index (χ1) is 14.7. The van der Waals surface area contributed by atoms with Crippen LogP contribution in [0.3, 0.4) is 0 Å². The number of fused-ring (bicyclic) bond motifs is 3. The number of rotatable bonds is 3. The van der Waals surface area contributed by atoms with Crippen LogP contribution in [0.5, 0.6) is 0 Å². The smallest absolute Gasteiger partial charge is 0.141 e. The van der Waals surface area contributed by atoms with Crippen molar-refractivity contribution in [3.05, 3.63) is 71.1 Å². The van der Waals surface area contributed by atoms with Crippen LogP contribution in [0.25, 0.3) is 5.76 Å². The average molecular weight is 401 g/mol.